The Labute approximate surface area is 157 Å². The van der Waals surface area contributed by atoms with Crippen molar-refractivity contribution in [2.45, 2.75) is 37.8 Å². The lowest BCUT2D eigenvalue weighted by atomic mass is 10.0. The van der Waals surface area contributed by atoms with Gasteiger partial charge >= 0.3 is 0 Å². The molecule has 1 aliphatic rings. The van der Waals surface area contributed by atoms with Gasteiger partial charge in [-0.15, -0.1) is 11.3 Å². The van der Waals surface area contributed by atoms with E-state index in [0.29, 0.717) is 5.15 Å². The number of hydrogen-bond acceptors (Lipinski definition) is 5. The van der Waals surface area contributed by atoms with Gasteiger partial charge in [0.1, 0.15) is 16.4 Å². The molecule has 4 rings (SSSR count). The number of aromatic nitrogens is 1. The third kappa shape index (κ3) is 2.96. The monoisotopic (exact) mass is 425 g/mol. The van der Waals surface area contributed by atoms with E-state index in [9.17, 15) is 0 Å². The summed E-state index contributed by atoms with van der Waals surface area (Å²) in [6, 6.07) is 6.09. The number of hydrogen-bond donors (Lipinski definition) is 2. The first-order valence-corrected chi connectivity index (χ1v) is 9.99. The predicted octanol–water partition coefficient (Wildman–Crippen LogP) is 5.51. The third-order valence-electron chi connectivity index (χ3n) is 4.52. The second-order valence-electron chi connectivity index (χ2n) is 6.08. The Hall–Kier alpha value is -1.08. The smallest absolute Gasteiger partial charge is 0.177 e. The van der Waals surface area contributed by atoms with Gasteiger partial charge in [0.25, 0.3) is 0 Å². The van der Waals surface area contributed by atoms with Crippen molar-refractivity contribution < 1.29 is 4.42 Å². The molecule has 0 saturated heterocycles. The Balaban J connectivity index is 1.73. The number of nitrogens with zero attached hydrogens (tertiary/aromatic N) is 1. The normalized spacial score (nSPS) is 20.8. The van der Waals surface area contributed by atoms with E-state index < -0.39 is 0 Å². The summed E-state index contributed by atoms with van der Waals surface area (Å²) in [5, 5.41) is 5.92. The van der Waals surface area contributed by atoms with E-state index in [4.69, 9.17) is 21.8 Å². The summed E-state index contributed by atoms with van der Waals surface area (Å²) >= 11 is 11.6. The minimum atomic E-state index is 0.139. The second-order valence-corrected chi connectivity index (χ2v) is 8.30. The largest absolute Gasteiger partial charge is 0.456 e. The van der Waals surface area contributed by atoms with Crippen molar-refractivity contribution >= 4 is 55.7 Å². The van der Waals surface area contributed by atoms with Crippen LogP contribution in [0.4, 0.5) is 5.69 Å². The molecule has 126 valence electrons. The van der Waals surface area contributed by atoms with Crippen molar-refractivity contribution in [3.05, 3.63) is 43.8 Å². The van der Waals surface area contributed by atoms with Gasteiger partial charge in [0, 0.05) is 29.4 Å². The summed E-state index contributed by atoms with van der Waals surface area (Å²) in [6.45, 7) is 0.726. The van der Waals surface area contributed by atoms with Gasteiger partial charge in [-0.3, -0.25) is 0 Å². The van der Waals surface area contributed by atoms with E-state index in [1.54, 1.807) is 11.3 Å². The Morgan fingerprint density at radius 2 is 2.33 bits per heavy atom. The summed E-state index contributed by atoms with van der Waals surface area (Å²) in [6.07, 6.45) is 3.21. The topological polar surface area (TPSA) is 64.1 Å². The quantitative estimate of drug-likeness (QED) is 0.540. The van der Waals surface area contributed by atoms with Crippen LogP contribution < -0.4 is 11.1 Å². The highest BCUT2D eigenvalue weighted by molar-refractivity contribution is 9.10. The number of anilines is 1. The van der Waals surface area contributed by atoms with Gasteiger partial charge in [-0.25, -0.2) is 4.98 Å². The van der Waals surface area contributed by atoms with Crippen LogP contribution in [0.25, 0.3) is 11.1 Å². The van der Waals surface area contributed by atoms with E-state index in [2.05, 4.69) is 37.7 Å². The fraction of sp³-hybridized carbons (Fsp3) is 0.353. The van der Waals surface area contributed by atoms with Crippen molar-refractivity contribution in [1.82, 2.24) is 4.98 Å². The highest BCUT2D eigenvalue weighted by atomic mass is 79.9. The van der Waals surface area contributed by atoms with Gasteiger partial charge in [0.15, 0.2) is 5.58 Å². The first kappa shape index (κ1) is 16.4. The molecule has 2 atom stereocenters. The van der Waals surface area contributed by atoms with Gasteiger partial charge < -0.3 is 15.5 Å². The molecule has 3 aromatic rings. The molecular formula is C17H17BrClN3OS. The zero-order chi connectivity index (χ0) is 16.7. The molecule has 4 nitrogen and oxygen atoms in total. The standard InChI is InChI=1S/C17H17BrClN3OS/c18-14-15-17(23-16(14)10-4-1-5-11(10)20)12(7-13(19)22-15)21-8-9-3-2-6-24-9/h2-3,6-7,10-11H,1,4-5,8,20H2,(H,21,22)/t10-,11+/m0/s1. The molecule has 0 amide bonds. The molecule has 0 radical (unpaired) electrons. The SMILES string of the molecule is N[C@@H]1CCC[C@@H]1c1oc2c(NCc3cccs3)cc(Cl)nc2c1Br. The molecule has 7 heteroatoms. The Kier molecular flexibility index (Phi) is 4.56. The molecule has 24 heavy (non-hydrogen) atoms. The first-order chi connectivity index (χ1) is 11.6. The van der Waals surface area contributed by atoms with Crippen molar-refractivity contribution in [2.75, 3.05) is 5.32 Å². The molecule has 3 N–H and O–H groups in total. The maximum Gasteiger partial charge on any atom is 0.177 e. The molecule has 0 bridgehead atoms. The molecule has 0 aliphatic heterocycles. The molecule has 3 aromatic heterocycles. The third-order valence-corrected chi connectivity index (χ3v) is 6.35. The molecule has 0 spiro atoms. The summed E-state index contributed by atoms with van der Waals surface area (Å²) in [7, 11) is 0. The van der Waals surface area contributed by atoms with Gasteiger partial charge in [-0.2, -0.15) is 0 Å². The highest BCUT2D eigenvalue weighted by Gasteiger charge is 2.32. The van der Waals surface area contributed by atoms with E-state index in [-0.39, 0.29) is 12.0 Å². The summed E-state index contributed by atoms with van der Waals surface area (Å²) in [5.41, 5.74) is 8.60. The number of thiophene rings is 1. The number of nitrogens with two attached hydrogens (primary N) is 1. The van der Waals surface area contributed by atoms with E-state index in [1.165, 1.54) is 4.88 Å². The average Bonchev–Trinajstić information content (AvgIpc) is 3.27. The van der Waals surface area contributed by atoms with Gasteiger partial charge in [0.05, 0.1) is 10.2 Å². The minimum absolute atomic E-state index is 0.139. The number of halogens is 2. The number of furan rings is 1. The van der Waals surface area contributed by atoms with E-state index >= 15 is 0 Å². The second kappa shape index (κ2) is 6.67. The van der Waals surface area contributed by atoms with E-state index in [0.717, 1.165) is 52.8 Å². The summed E-state index contributed by atoms with van der Waals surface area (Å²) < 4.78 is 7.08. The first-order valence-electron chi connectivity index (χ1n) is 7.93. The lowest BCUT2D eigenvalue weighted by Gasteiger charge is -2.12. The molecule has 1 fully saturated rings. The lowest BCUT2D eigenvalue weighted by molar-refractivity contribution is 0.464. The van der Waals surface area contributed by atoms with Crippen molar-refractivity contribution in [1.29, 1.82) is 0 Å². The zero-order valence-electron chi connectivity index (χ0n) is 12.9. The van der Waals surface area contributed by atoms with Crippen LogP contribution in [0.5, 0.6) is 0 Å². The van der Waals surface area contributed by atoms with Crippen LogP contribution in [0.15, 0.2) is 32.5 Å². The average molecular weight is 427 g/mol. The van der Waals surface area contributed by atoms with Crippen molar-refractivity contribution in [3.8, 4) is 0 Å². The highest BCUT2D eigenvalue weighted by Crippen LogP contribution is 2.43. The van der Waals surface area contributed by atoms with E-state index in [1.807, 2.05) is 12.1 Å². The lowest BCUT2D eigenvalue weighted by Crippen LogP contribution is -2.22. The zero-order valence-corrected chi connectivity index (χ0v) is 16.0. The maximum atomic E-state index is 6.25. The summed E-state index contributed by atoms with van der Waals surface area (Å²) in [5.74, 6) is 1.13. The van der Waals surface area contributed by atoms with Crippen molar-refractivity contribution in [3.63, 3.8) is 0 Å². The number of rotatable bonds is 4. The molecule has 1 saturated carbocycles. The van der Waals surface area contributed by atoms with Crippen molar-refractivity contribution in [2.24, 2.45) is 5.73 Å². The Bertz CT molecular complexity index is 864. The minimum Gasteiger partial charge on any atom is -0.456 e. The van der Waals surface area contributed by atoms with Crippen LogP contribution in [0.1, 0.15) is 35.8 Å². The maximum absolute atomic E-state index is 6.25. The fourth-order valence-corrected chi connectivity index (χ4v) is 4.79. The Morgan fingerprint density at radius 1 is 1.46 bits per heavy atom. The molecule has 3 heterocycles. The van der Waals surface area contributed by atoms with Crippen LogP contribution in [-0.2, 0) is 6.54 Å². The van der Waals surface area contributed by atoms with Gasteiger partial charge in [-0.05, 0) is 40.2 Å². The molecule has 0 unspecified atom stereocenters. The van der Waals surface area contributed by atoms with Crippen LogP contribution in [-0.4, -0.2) is 11.0 Å². The summed E-state index contributed by atoms with van der Waals surface area (Å²) in [4.78, 5) is 5.69. The van der Waals surface area contributed by atoms with Gasteiger partial charge in [0.2, 0.25) is 0 Å². The molecule has 0 aromatic carbocycles. The number of pyridine rings is 1. The Morgan fingerprint density at radius 3 is 3.04 bits per heavy atom. The fourth-order valence-electron chi connectivity index (χ4n) is 3.31. The van der Waals surface area contributed by atoms with Crippen LogP contribution in [0.3, 0.4) is 0 Å². The van der Waals surface area contributed by atoms with Crippen LogP contribution in [0.2, 0.25) is 5.15 Å². The number of fused-ring (bicyclic) bond motifs is 1. The van der Waals surface area contributed by atoms with Crippen LogP contribution >= 0.6 is 38.9 Å². The predicted molar refractivity (Wildman–Crippen MR) is 103 cm³/mol. The number of nitrogens with one attached hydrogen (secondary N) is 1. The molecular weight excluding hydrogens is 410 g/mol. The van der Waals surface area contributed by atoms with Gasteiger partial charge in [-0.1, -0.05) is 24.1 Å². The molecule has 1 aliphatic carbocycles. The van der Waals surface area contributed by atoms with Crippen LogP contribution in [0, 0.1) is 0 Å².